The third-order valence-corrected chi connectivity index (χ3v) is 5.69. The Morgan fingerprint density at radius 2 is 1.87 bits per heavy atom. The molecule has 0 saturated carbocycles. The molecule has 0 radical (unpaired) electrons. The van der Waals surface area contributed by atoms with Crippen LogP contribution in [0.1, 0.15) is 0 Å². The highest BCUT2D eigenvalue weighted by atomic mass is 35.5. The number of hydrogen-bond acceptors (Lipinski definition) is 5. The highest BCUT2D eigenvalue weighted by molar-refractivity contribution is 7.99. The van der Waals surface area contributed by atoms with Crippen molar-refractivity contribution in [3.05, 3.63) is 88.2 Å². The minimum atomic E-state index is -0.217. The van der Waals surface area contributed by atoms with E-state index in [-0.39, 0.29) is 17.2 Å². The molecule has 4 aromatic rings. The first-order valence-corrected chi connectivity index (χ1v) is 10.8. The Kier molecular flexibility index (Phi) is 6.25. The van der Waals surface area contributed by atoms with E-state index in [9.17, 15) is 9.59 Å². The van der Waals surface area contributed by atoms with Gasteiger partial charge in [0.1, 0.15) is 5.75 Å². The lowest BCUT2D eigenvalue weighted by molar-refractivity contribution is -0.113. The number of thioether (sulfide) groups is 1. The van der Waals surface area contributed by atoms with Crippen LogP contribution in [0, 0.1) is 0 Å². The molecule has 0 unspecified atom stereocenters. The van der Waals surface area contributed by atoms with Gasteiger partial charge in [0.2, 0.25) is 5.91 Å². The van der Waals surface area contributed by atoms with Crippen LogP contribution in [0.5, 0.6) is 5.75 Å². The van der Waals surface area contributed by atoms with Crippen molar-refractivity contribution in [2.24, 2.45) is 0 Å². The van der Waals surface area contributed by atoms with Gasteiger partial charge in [-0.15, -0.1) is 0 Å². The van der Waals surface area contributed by atoms with Gasteiger partial charge in [0.25, 0.3) is 5.56 Å². The topological polar surface area (TPSA) is 73.2 Å². The largest absolute Gasteiger partial charge is 0.497 e. The Morgan fingerprint density at radius 3 is 2.61 bits per heavy atom. The Morgan fingerprint density at radius 1 is 1.10 bits per heavy atom. The lowest BCUT2D eigenvalue weighted by Crippen LogP contribution is -2.23. The highest BCUT2D eigenvalue weighted by Gasteiger charge is 2.15. The number of methoxy groups -OCH3 is 1. The first-order valence-electron chi connectivity index (χ1n) is 9.39. The number of anilines is 1. The van der Waals surface area contributed by atoms with Crippen molar-refractivity contribution < 1.29 is 9.53 Å². The highest BCUT2D eigenvalue weighted by Crippen LogP contribution is 2.23. The summed E-state index contributed by atoms with van der Waals surface area (Å²) in [6, 6.07) is 21.2. The van der Waals surface area contributed by atoms with Crippen LogP contribution in [0.4, 0.5) is 5.69 Å². The Hall–Kier alpha value is -3.29. The van der Waals surface area contributed by atoms with E-state index in [1.807, 2.05) is 6.07 Å². The van der Waals surface area contributed by atoms with E-state index >= 15 is 0 Å². The van der Waals surface area contributed by atoms with E-state index in [1.54, 1.807) is 73.8 Å². The van der Waals surface area contributed by atoms with Gasteiger partial charge >= 0.3 is 0 Å². The summed E-state index contributed by atoms with van der Waals surface area (Å²) >= 11 is 7.33. The summed E-state index contributed by atoms with van der Waals surface area (Å²) in [5, 5.41) is 4.25. The molecule has 0 atom stereocenters. The number of benzene rings is 3. The molecule has 0 aliphatic rings. The minimum absolute atomic E-state index is 0.0807. The summed E-state index contributed by atoms with van der Waals surface area (Å²) in [7, 11) is 1.58. The number of halogens is 1. The van der Waals surface area contributed by atoms with E-state index < -0.39 is 0 Å². The lowest BCUT2D eigenvalue weighted by Gasteiger charge is -2.13. The molecule has 1 heterocycles. The maximum atomic E-state index is 13.2. The van der Waals surface area contributed by atoms with Crippen LogP contribution in [0.25, 0.3) is 16.6 Å². The summed E-state index contributed by atoms with van der Waals surface area (Å²) in [6.07, 6.45) is 0. The second-order valence-electron chi connectivity index (χ2n) is 6.60. The summed E-state index contributed by atoms with van der Waals surface area (Å²) in [6.45, 7) is 0. The monoisotopic (exact) mass is 451 g/mol. The van der Waals surface area contributed by atoms with Crippen molar-refractivity contribution in [1.29, 1.82) is 0 Å². The number of amides is 1. The van der Waals surface area contributed by atoms with Gasteiger partial charge in [-0.25, -0.2) is 4.98 Å². The molecule has 1 aromatic heterocycles. The molecule has 0 bridgehead atoms. The van der Waals surface area contributed by atoms with Crippen molar-refractivity contribution in [2.75, 3.05) is 18.2 Å². The van der Waals surface area contributed by atoms with Gasteiger partial charge in [0, 0.05) is 10.7 Å². The van der Waals surface area contributed by atoms with E-state index in [1.165, 1.54) is 16.3 Å². The fourth-order valence-corrected chi connectivity index (χ4v) is 4.05. The zero-order valence-electron chi connectivity index (χ0n) is 16.5. The van der Waals surface area contributed by atoms with Crippen molar-refractivity contribution >= 4 is 45.9 Å². The molecule has 31 heavy (non-hydrogen) atoms. The van der Waals surface area contributed by atoms with Gasteiger partial charge in [-0.3, -0.25) is 14.2 Å². The number of carbonyl (C=O) groups excluding carboxylic acids is 1. The van der Waals surface area contributed by atoms with E-state index in [0.29, 0.717) is 38.2 Å². The van der Waals surface area contributed by atoms with Crippen LogP contribution < -0.4 is 15.6 Å². The number of fused-ring (bicyclic) bond motifs is 1. The van der Waals surface area contributed by atoms with Gasteiger partial charge in [0.05, 0.1) is 29.5 Å². The normalized spacial score (nSPS) is 10.8. The molecule has 0 aliphatic carbocycles. The number of hydrogen-bond donors (Lipinski definition) is 1. The van der Waals surface area contributed by atoms with Crippen molar-refractivity contribution in [3.8, 4) is 11.4 Å². The maximum Gasteiger partial charge on any atom is 0.266 e. The van der Waals surface area contributed by atoms with Crippen molar-refractivity contribution in [1.82, 2.24) is 9.55 Å². The molecule has 0 spiro atoms. The number of nitrogens with one attached hydrogen (secondary N) is 1. The van der Waals surface area contributed by atoms with Gasteiger partial charge < -0.3 is 10.1 Å². The zero-order valence-corrected chi connectivity index (χ0v) is 18.1. The molecule has 156 valence electrons. The molecule has 3 aromatic carbocycles. The molecule has 1 amide bonds. The van der Waals surface area contributed by atoms with Gasteiger partial charge in [-0.2, -0.15) is 0 Å². The van der Waals surface area contributed by atoms with Gasteiger partial charge in [0.15, 0.2) is 5.16 Å². The molecule has 6 nitrogen and oxygen atoms in total. The molecule has 0 fully saturated rings. The smallest absolute Gasteiger partial charge is 0.266 e. The minimum Gasteiger partial charge on any atom is -0.497 e. The SMILES string of the molecule is COc1ccc(NC(=O)CSc2nc3ccccc3c(=O)n2-c2cccc(Cl)c2)cc1. The molecule has 4 rings (SSSR count). The maximum absolute atomic E-state index is 13.2. The number of carbonyl (C=O) groups is 1. The first kappa shape index (κ1) is 21.0. The summed E-state index contributed by atoms with van der Waals surface area (Å²) < 4.78 is 6.61. The number of ether oxygens (including phenoxy) is 1. The fraction of sp³-hybridized carbons (Fsp3) is 0.0870. The van der Waals surface area contributed by atoms with Crippen LogP contribution in [-0.4, -0.2) is 28.3 Å². The molecule has 8 heteroatoms. The fourth-order valence-electron chi connectivity index (χ4n) is 3.05. The van der Waals surface area contributed by atoms with E-state index in [4.69, 9.17) is 16.3 Å². The molecular formula is C23H18ClN3O3S. The van der Waals surface area contributed by atoms with Crippen LogP contribution in [0.15, 0.2) is 82.7 Å². The molecule has 1 N–H and O–H groups in total. The van der Waals surface area contributed by atoms with Crippen molar-refractivity contribution in [3.63, 3.8) is 0 Å². The second-order valence-corrected chi connectivity index (χ2v) is 7.98. The lowest BCUT2D eigenvalue weighted by atomic mass is 10.2. The summed E-state index contributed by atoms with van der Waals surface area (Å²) in [5.74, 6) is 0.575. The summed E-state index contributed by atoms with van der Waals surface area (Å²) in [5.41, 5.74) is 1.61. The number of para-hydroxylation sites is 1. The standard InChI is InChI=1S/C23H18ClN3O3S/c1-30-18-11-9-16(10-12-18)25-21(28)14-31-23-26-20-8-3-2-7-19(20)22(29)27(23)17-6-4-5-15(24)13-17/h2-13H,14H2,1H3,(H,25,28). The molecule has 0 saturated heterocycles. The Labute approximate surface area is 187 Å². The van der Waals surface area contributed by atoms with Crippen LogP contribution in [0.2, 0.25) is 5.02 Å². The second kappa shape index (κ2) is 9.24. The number of aromatic nitrogens is 2. The van der Waals surface area contributed by atoms with Crippen LogP contribution in [-0.2, 0) is 4.79 Å². The molecular weight excluding hydrogens is 434 g/mol. The van der Waals surface area contributed by atoms with Gasteiger partial charge in [-0.1, -0.05) is 41.6 Å². The van der Waals surface area contributed by atoms with E-state index in [2.05, 4.69) is 10.3 Å². The predicted octanol–water partition coefficient (Wildman–Crippen LogP) is 4.78. The Balaban J connectivity index is 1.63. The zero-order chi connectivity index (χ0) is 21.8. The van der Waals surface area contributed by atoms with Crippen molar-refractivity contribution in [2.45, 2.75) is 5.16 Å². The van der Waals surface area contributed by atoms with Crippen LogP contribution >= 0.6 is 23.4 Å². The van der Waals surface area contributed by atoms with E-state index in [0.717, 1.165) is 0 Å². The van der Waals surface area contributed by atoms with Crippen LogP contribution in [0.3, 0.4) is 0 Å². The average molecular weight is 452 g/mol. The molecule has 0 aliphatic heterocycles. The number of rotatable bonds is 6. The number of nitrogens with zero attached hydrogens (tertiary/aromatic N) is 2. The quantitative estimate of drug-likeness (QED) is 0.337. The third-order valence-electron chi connectivity index (χ3n) is 4.52. The Bertz CT molecular complexity index is 1310. The first-order chi connectivity index (χ1) is 15.0. The predicted molar refractivity (Wildman–Crippen MR) is 125 cm³/mol. The third kappa shape index (κ3) is 4.73. The van der Waals surface area contributed by atoms with Gasteiger partial charge in [-0.05, 0) is 54.6 Å². The average Bonchev–Trinajstić information content (AvgIpc) is 2.78. The summed E-state index contributed by atoms with van der Waals surface area (Å²) in [4.78, 5) is 30.3.